The first kappa shape index (κ1) is 18.1. The molecule has 0 spiro atoms. The number of para-hydroxylation sites is 1. The first-order valence-electron chi connectivity index (χ1n) is 10.2. The minimum absolute atomic E-state index is 0.295. The van der Waals surface area contributed by atoms with Crippen LogP contribution in [-0.2, 0) is 11.2 Å². The van der Waals surface area contributed by atoms with Crippen LogP contribution in [0.1, 0.15) is 30.0 Å². The third-order valence-electron chi connectivity index (χ3n) is 6.15. The van der Waals surface area contributed by atoms with Crippen molar-refractivity contribution in [3.8, 4) is 0 Å². The Morgan fingerprint density at radius 3 is 2.48 bits per heavy atom. The molecular formula is C23H30N3O+. The maximum absolute atomic E-state index is 12.9. The molecule has 1 fully saturated rings. The van der Waals surface area contributed by atoms with Gasteiger partial charge in [0.1, 0.15) is 6.04 Å². The van der Waals surface area contributed by atoms with Crippen molar-refractivity contribution in [2.45, 2.75) is 25.3 Å². The third kappa shape index (κ3) is 4.01. The summed E-state index contributed by atoms with van der Waals surface area (Å²) in [7, 11) is 2.19. The fourth-order valence-electron chi connectivity index (χ4n) is 4.59. The highest BCUT2D eigenvalue weighted by Gasteiger charge is 2.30. The number of fused-ring (bicyclic) bond motifs is 1. The molecule has 0 radical (unpaired) electrons. The van der Waals surface area contributed by atoms with E-state index in [9.17, 15) is 4.79 Å². The largest absolute Gasteiger partial charge is 0.368 e. The van der Waals surface area contributed by atoms with Gasteiger partial charge in [0.2, 0.25) is 0 Å². The zero-order valence-corrected chi connectivity index (χ0v) is 16.2. The number of hydrogen-bond donors (Lipinski definition) is 1. The first-order valence-corrected chi connectivity index (χ1v) is 10.2. The van der Waals surface area contributed by atoms with Crippen LogP contribution in [0.15, 0.2) is 54.6 Å². The second-order valence-electron chi connectivity index (χ2n) is 7.87. The summed E-state index contributed by atoms with van der Waals surface area (Å²) in [5.41, 5.74) is 4.17. The molecule has 142 valence electrons. The Bertz CT molecular complexity index is 768. The summed E-state index contributed by atoms with van der Waals surface area (Å²) in [6.07, 6.45) is 3.58. The van der Waals surface area contributed by atoms with Crippen LogP contribution < -0.4 is 9.80 Å². The molecule has 4 rings (SSSR count). The monoisotopic (exact) mass is 364 g/mol. The minimum atomic E-state index is 0.295. The Morgan fingerprint density at radius 1 is 1.00 bits per heavy atom. The van der Waals surface area contributed by atoms with Gasteiger partial charge in [-0.1, -0.05) is 42.5 Å². The van der Waals surface area contributed by atoms with Gasteiger partial charge in [-0.25, -0.2) is 0 Å². The summed E-state index contributed by atoms with van der Waals surface area (Å²) >= 11 is 0. The summed E-state index contributed by atoms with van der Waals surface area (Å²) in [4.78, 5) is 18.7. The number of carbonyl (C=O) groups is 1. The molecule has 2 atom stereocenters. The molecule has 1 aliphatic heterocycles. The SMILES string of the molecule is C[NH+](CC(=O)N1CCN(c2ccccc2)CC1)[C@H]1CCCc2ccccc21. The van der Waals surface area contributed by atoms with Crippen molar-refractivity contribution in [2.75, 3.05) is 44.7 Å². The molecule has 2 aliphatic rings. The molecule has 1 N–H and O–H groups in total. The summed E-state index contributed by atoms with van der Waals surface area (Å²) < 4.78 is 0. The molecule has 1 amide bonds. The number of hydrogen-bond acceptors (Lipinski definition) is 2. The molecular weight excluding hydrogens is 334 g/mol. The molecule has 27 heavy (non-hydrogen) atoms. The standard InChI is InChI=1S/C23H29N3O/c1-24(22-13-7-9-19-8-5-6-12-21(19)22)18-23(27)26-16-14-25(15-17-26)20-10-3-2-4-11-20/h2-6,8,10-12,22H,7,9,13-18H2,1H3/p+1/t22-/m0/s1. The quantitative estimate of drug-likeness (QED) is 0.898. The fourth-order valence-corrected chi connectivity index (χ4v) is 4.59. The van der Waals surface area contributed by atoms with Gasteiger partial charge in [0, 0.05) is 43.9 Å². The summed E-state index contributed by atoms with van der Waals surface area (Å²) in [5.74, 6) is 0.295. The molecule has 1 heterocycles. The van der Waals surface area contributed by atoms with E-state index in [1.165, 1.54) is 41.0 Å². The van der Waals surface area contributed by atoms with Gasteiger partial charge in [-0.15, -0.1) is 0 Å². The van der Waals surface area contributed by atoms with Gasteiger partial charge in [-0.05, 0) is 30.5 Å². The zero-order chi connectivity index (χ0) is 18.6. The van der Waals surface area contributed by atoms with Gasteiger partial charge >= 0.3 is 0 Å². The molecule has 0 aromatic heterocycles. The first-order chi connectivity index (χ1) is 13.2. The molecule has 4 heteroatoms. The molecule has 1 aliphatic carbocycles. The van der Waals surface area contributed by atoms with Gasteiger partial charge < -0.3 is 14.7 Å². The lowest BCUT2D eigenvalue weighted by molar-refractivity contribution is -0.905. The van der Waals surface area contributed by atoms with Gasteiger partial charge in [0.25, 0.3) is 5.91 Å². The smallest absolute Gasteiger partial charge is 0.277 e. The Morgan fingerprint density at radius 2 is 1.70 bits per heavy atom. The van der Waals surface area contributed by atoms with Crippen LogP contribution in [0.5, 0.6) is 0 Å². The van der Waals surface area contributed by atoms with E-state index in [4.69, 9.17) is 0 Å². The van der Waals surface area contributed by atoms with Crippen LogP contribution in [0.4, 0.5) is 5.69 Å². The Hall–Kier alpha value is -2.33. The number of carbonyl (C=O) groups excluding carboxylic acids is 1. The maximum atomic E-state index is 12.9. The fraction of sp³-hybridized carbons (Fsp3) is 0.435. The Kier molecular flexibility index (Phi) is 5.44. The number of nitrogens with one attached hydrogen (secondary N) is 1. The third-order valence-corrected chi connectivity index (χ3v) is 6.15. The summed E-state index contributed by atoms with van der Waals surface area (Å²) in [6.45, 7) is 4.07. The highest BCUT2D eigenvalue weighted by atomic mass is 16.2. The highest BCUT2D eigenvalue weighted by molar-refractivity contribution is 5.77. The molecule has 0 bridgehead atoms. The number of nitrogens with zero attached hydrogens (tertiary/aromatic N) is 2. The van der Waals surface area contributed by atoms with Crippen molar-refractivity contribution in [1.29, 1.82) is 0 Å². The summed E-state index contributed by atoms with van der Waals surface area (Å²) in [6, 6.07) is 19.7. The van der Waals surface area contributed by atoms with Crippen molar-refractivity contribution in [1.82, 2.24) is 4.90 Å². The van der Waals surface area contributed by atoms with Crippen molar-refractivity contribution >= 4 is 11.6 Å². The summed E-state index contributed by atoms with van der Waals surface area (Å²) in [5, 5.41) is 0. The van der Waals surface area contributed by atoms with Crippen LogP contribution in [0.2, 0.25) is 0 Å². The highest BCUT2D eigenvalue weighted by Crippen LogP contribution is 2.27. The van der Waals surface area contributed by atoms with E-state index in [1.807, 2.05) is 6.07 Å². The van der Waals surface area contributed by atoms with E-state index in [-0.39, 0.29) is 0 Å². The molecule has 0 saturated carbocycles. The van der Waals surface area contributed by atoms with Gasteiger partial charge in [0.15, 0.2) is 6.54 Å². The lowest BCUT2D eigenvalue weighted by Gasteiger charge is -2.37. The van der Waals surface area contributed by atoms with Crippen LogP contribution in [0.25, 0.3) is 0 Å². The number of rotatable bonds is 4. The van der Waals surface area contributed by atoms with E-state index in [0.717, 1.165) is 26.2 Å². The van der Waals surface area contributed by atoms with Crippen LogP contribution in [0.3, 0.4) is 0 Å². The molecule has 4 nitrogen and oxygen atoms in total. The number of amides is 1. The van der Waals surface area contributed by atoms with Crippen molar-refractivity contribution in [3.05, 3.63) is 65.7 Å². The van der Waals surface area contributed by atoms with Gasteiger partial charge in [0.05, 0.1) is 7.05 Å². The normalized spacial score (nSPS) is 20.9. The van der Waals surface area contributed by atoms with Crippen LogP contribution in [-0.4, -0.2) is 50.6 Å². The van der Waals surface area contributed by atoms with E-state index in [1.54, 1.807) is 0 Å². The predicted octanol–water partition coefficient (Wildman–Crippen LogP) is 1.93. The lowest BCUT2D eigenvalue weighted by Crippen LogP contribution is -3.10. The van der Waals surface area contributed by atoms with E-state index >= 15 is 0 Å². The Labute approximate surface area is 162 Å². The minimum Gasteiger partial charge on any atom is -0.368 e. The Balaban J connectivity index is 1.34. The van der Waals surface area contributed by atoms with Crippen LogP contribution >= 0.6 is 0 Å². The maximum Gasteiger partial charge on any atom is 0.277 e. The average Bonchev–Trinajstić information content (AvgIpc) is 2.74. The number of aryl methyl sites for hydroxylation is 1. The topological polar surface area (TPSA) is 28.0 Å². The van der Waals surface area contributed by atoms with E-state index < -0.39 is 0 Å². The van der Waals surface area contributed by atoms with Gasteiger partial charge in [-0.2, -0.15) is 0 Å². The number of likely N-dealkylation sites (N-methyl/N-ethyl adjacent to an activating group) is 1. The van der Waals surface area contributed by atoms with E-state index in [0.29, 0.717) is 18.5 Å². The number of piperazine rings is 1. The number of quaternary nitrogens is 1. The number of benzene rings is 2. The number of anilines is 1. The second kappa shape index (κ2) is 8.13. The van der Waals surface area contributed by atoms with Crippen molar-refractivity contribution < 1.29 is 9.69 Å². The van der Waals surface area contributed by atoms with Crippen molar-refractivity contribution in [2.24, 2.45) is 0 Å². The lowest BCUT2D eigenvalue weighted by atomic mass is 9.87. The van der Waals surface area contributed by atoms with Crippen molar-refractivity contribution in [3.63, 3.8) is 0 Å². The van der Waals surface area contributed by atoms with Crippen LogP contribution in [0, 0.1) is 0 Å². The zero-order valence-electron chi connectivity index (χ0n) is 16.2. The van der Waals surface area contributed by atoms with E-state index in [2.05, 4.69) is 65.4 Å². The van der Waals surface area contributed by atoms with Gasteiger partial charge in [-0.3, -0.25) is 4.79 Å². The average molecular weight is 365 g/mol. The molecule has 1 saturated heterocycles. The predicted molar refractivity (Wildman–Crippen MR) is 109 cm³/mol. The molecule has 2 aromatic rings. The second-order valence-corrected chi connectivity index (χ2v) is 7.87. The molecule has 1 unspecified atom stereocenters. The molecule has 2 aromatic carbocycles.